The highest BCUT2D eigenvalue weighted by Crippen LogP contribution is 2.35. The van der Waals surface area contributed by atoms with Gasteiger partial charge in [-0.05, 0) is 48.9 Å². The van der Waals surface area contributed by atoms with E-state index in [-0.39, 0.29) is 41.9 Å². The maximum atomic E-state index is 15.4. The lowest BCUT2D eigenvalue weighted by molar-refractivity contribution is -0.141. The number of nitrogens with zero attached hydrogens (tertiary/aromatic N) is 1. The molecule has 2 fully saturated rings. The lowest BCUT2D eigenvalue weighted by Gasteiger charge is -2.36. The van der Waals surface area contributed by atoms with Crippen LogP contribution in [-0.2, 0) is 21.1 Å². The number of rotatable bonds is 6. The third-order valence-corrected chi connectivity index (χ3v) is 7.07. The number of hydrogen-bond donors (Lipinski definition) is 2. The van der Waals surface area contributed by atoms with Crippen LogP contribution in [-0.4, -0.2) is 46.1 Å². The number of amides is 1. The summed E-state index contributed by atoms with van der Waals surface area (Å²) in [6.07, 6.45) is 0.992. The van der Waals surface area contributed by atoms with Crippen molar-refractivity contribution < 1.29 is 26.6 Å². The van der Waals surface area contributed by atoms with E-state index in [1.54, 1.807) is 11.0 Å². The lowest BCUT2D eigenvalue weighted by atomic mass is 9.82. The normalized spacial score (nSPS) is 26.6. The zero-order chi connectivity index (χ0) is 23.9. The first-order valence-electron chi connectivity index (χ1n) is 10.7. The van der Waals surface area contributed by atoms with Crippen LogP contribution >= 0.6 is 0 Å². The lowest BCUT2D eigenvalue weighted by Crippen LogP contribution is -2.50. The van der Waals surface area contributed by atoms with E-state index >= 15 is 4.39 Å². The van der Waals surface area contributed by atoms with Crippen molar-refractivity contribution in [3.05, 3.63) is 59.4 Å². The molecule has 4 rings (SSSR count). The van der Waals surface area contributed by atoms with Gasteiger partial charge >= 0.3 is 0 Å². The zero-order valence-corrected chi connectivity index (χ0v) is 18.8. The summed E-state index contributed by atoms with van der Waals surface area (Å²) in [6, 6.07) is 6.17. The first kappa shape index (κ1) is 23.7. The minimum atomic E-state index is -3.10. The van der Waals surface area contributed by atoms with Gasteiger partial charge in [-0.2, -0.15) is 0 Å². The predicted octanol–water partition coefficient (Wildman–Crippen LogP) is 4.21. The van der Waals surface area contributed by atoms with Gasteiger partial charge in [0.25, 0.3) is 0 Å². The quantitative estimate of drug-likeness (QED) is 0.604. The summed E-state index contributed by atoms with van der Waals surface area (Å²) in [5, 5.41) is 0. The van der Waals surface area contributed by atoms with Crippen molar-refractivity contribution in [2.24, 2.45) is 5.92 Å². The average molecular weight is 484 g/mol. The van der Waals surface area contributed by atoms with E-state index in [0.29, 0.717) is 19.0 Å². The first-order chi connectivity index (χ1) is 15.5. The molecule has 3 atom stereocenters. The van der Waals surface area contributed by atoms with Gasteiger partial charge < -0.3 is 4.90 Å². The Balaban J connectivity index is 1.65. The van der Waals surface area contributed by atoms with Gasteiger partial charge in [0.15, 0.2) is 0 Å². The largest absolute Gasteiger partial charge is 0.337 e. The van der Waals surface area contributed by atoms with Gasteiger partial charge in [-0.3, -0.25) is 4.79 Å². The number of carbonyl (C=O) groups excluding carboxylic acids is 1. The van der Waals surface area contributed by atoms with Crippen LogP contribution in [0, 0.1) is 28.1 Å². The van der Waals surface area contributed by atoms with Crippen molar-refractivity contribution in [1.29, 1.82) is 4.78 Å². The number of halogens is 4. The maximum Gasteiger partial charge on any atom is 0.226 e. The number of nitrogens with one attached hydrogen (secondary N) is 2. The Morgan fingerprint density at radius 2 is 1.85 bits per heavy atom. The van der Waals surface area contributed by atoms with Gasteiger partial charge in [0, 0.05) is 36.4 Å². The van der Waals surface area contributed by atoms with E-state index in [1.165, 1.54) is 18.4 Å². The number of hydrogen-bond acceptors (Lipinski definition) is 3. The standard InChI is InChI=1S/C23H25F4N3O2S/c1-33(28,32)29-20-5-6-30(23(31)15-9-16(24)10-15)21(20)11-13-3-2-4-19(22(13)27)14-7-17(25)12-18(26)8-14/h2-4,7-8,12,15-16,20-21H,5-6,9-11H2,1H3,(H2,28,29,32)/t15?,16?,20-,21-,33?/m0/s1. The van der Waals surface area contributed by atoms with Crippen molar-refractivity contribution in [3.63, 3.8) is 0 Å². The summed E-state index contributed by atoms with van der Waals surface area (Å²) in [5.41, 5.74) is 0.288. The highest BCUT2D eigenvalue weighted by Gasteiger charge is 2.44. The molecule has 178 valence electrons. The second-order valence-corrected chi connectivity index (χ2v) is 10.8. The molecule has 1 heterocycles. The molecule has 33 heavy (non-hydrogen) atoms. The Labute approximate surface area is 190 Å². The molecule has 1 amide bonds. The summed E-state index contributed by atoms with van der Waals surface area (Å²) in [7, 11) is -3.10. The minimum absolute atomic E-state index is 0.0188. The second-order valence-electron chi connectivity index (χ2n) is 8.86. The summed E-state index contributed by atoms with van der Waals surface area (Å²) in [5.74, 6) is -2.99. The van der Waals surface area contributed by atoms with E-state index in [0.717, 1.165) is 12.1 Å². The van der Waals surface area contributed by atoms with E-state index in [4.69, 9.17) is 4.78 Å². The smallest absolute Gasteiger partial charge is 0.226 e. The number of likely N-dealkylation sites (tertiary alicyclic amines) is 1. The zero-order valence-electron chi connectivity index (χ0n) is 18.0. The Morgan fingerprint density at radius 1 is 1.18 bits per heavy atom. The topological polar surface area (TPSA) is 73.3 Å². The molecule has 1 aliphatic heterocycles. The van der Waals surface area contributed by atoms with Gasteiger partial charge in [0.2, 0.25) is 5.91 Å². The van der Waals surface area contributed by atoms with Gasteiger partial charge in [0.05, 0.1) is 6.04 Å². The van der Waals surface area contributed by atoms with Crippen LogP contribution in [0.25, 0.3) is 11.1 Å². The molecule has 1 saturated carbocycles. The summed E-state index contributed by atoms with van der Waals surface area (Å²) in [6.45, 7) is 0.320. The Kier molecular flexibility index (Phi) is 6.50. The van der Waals surface area contributed by atoms with Crippen LogP contribution in [0.5, 0.6) is 0 Å². The van der Waals surface area contributed by atoms with E-state index in [1.807, 2.05) is 0 Å². The molecule has 1 unspecified atom stereocenters. The monoisotopic (exact) mass is 483 g/mol. The molecular formula is C23H25F4N3O2S. The van der Waals surface area contributed by atoms with E-state index < -0.39 is 51.5 Å². The van der Waals surface area contributed by atoms with Gasteiger partial charge in [-0.25, -0.2) is 31.3 Å². The SMILES string of the molecule is CS(=N)(=O)N[C@H]1CCN(C(=O)C2CC(F)C2)[C@H]1Cc1cccc(-c2cc(F)cc(F)c2)c1F. The fourth-order valence-corrected chi connectivity index (χ4v) is 5.54. The van der Waals surface area contributed by atoms with Gasteiger partial charge in [0.1, 0.15) is 33.5 Å². The number of carbonyl (C=O) groups is 1. The molecule has 0 radical (unpaired) electrons. The minimum Gasteiger partial charge on any atom is -0.337 e. The van der Waals surface area contributed by atoms with E-state index in [2.05, 4.69) is 4.72 Å². The Morgan fingerprint density at radius 3 is 2.45 bits per heavy atom. The molecule has 2 aliphatic rings. The molecular weight excluding hydrogens is 458 g/mol. The predicted molar refractivity (Wildman–Crippen MR) is 117 cm³/mol. The van der Waals surface area contributed by atoms with Crippen LogP contribution in [0.15, 0.2) is 36.4 Å². The molecule has 5 nitrogen and oxygen atoms in total. The highest BCUT2D eigenvalue weighted by atomic mass is 32.2. The Bertz CT molecular complexity index is 1150. The third kappa shape index (κ3) is 5.22. The van der Waals surface area contributed by atoms with E-state index in [9.17, 15) is 22.2 Å². The van der Waals surface area contributed by atoms with Crippen molar-refractivity contribution in [2.45, 2.75) is 43.9 Å². The molecule has 2 aromatic rings. The molecule has 2 aromatic carbocycles. The molecule has 0 spiro atoms. The van der Waals surface area contributed by atoms with Crippen molar-refractivity contribution in [1.82, 2.24) is 9.62 Å². The van der Waals surface area contributed by atoms with Crippen molar-refractivity contribution >= 4 is 15.8 Å². The molecule has 0 bridgehead atoms. The molecule has 10 heteroatoms. The summed E-state index contributed by atoms with van der Waals surface area (Å²) < 4.78 is 78.7. The van der Waals surface area contributed by atoms with Crippen LogP contribution in [0.1, 0.15) is 24.8 Å². The average Bonchev–Trinajstić information content (AvgIpc) is 3.06. The molecule has 1 saturated heterocycles. The first-order valence-corrected chi connectivity index (χ1v) is 12.7. The van der Waals surface area contributed by atoms with Gasteiger partial charge in [-0.1, -0.05) is 18.2 Å². The van der Waals surface area contributed by atoms with Crippen LogP contribution in [0.4, 0.5) is 17.6 Å². The van der Waals surface area contributed by atoms with Crippen LogP contribution < -0.4 is 4.72 Å². The van der Waals surface area contributed by atoms with Crippen molar-refractivity contribution in [3.8, 4) is 11.1 Å². The second kappa shape index (κ2) is 9.06. The summed E-state index contributed by atoms with van der Waals surface area (Å²) in [4.78, 5) is 14.5. The fraction of sp³-hybridized carbons (Fsp3) is 0.435. The number of benzene rings is 2. The van der Waals surface area contributed by atoms with Gasteiger partial charge in [-0.15, -0.1) is 0 Å². The maximum absolute atomic E-state index is 15.4. The third-order valence-electron chi connectivity index (χ3n) is 6.32. The van der Waals surface area contributed by atoms with Crippen LogP contribution in [0.2, 0.25) is 0 Å². The Hall–Kier alpha value is -2.46. The fourth-order valence-electron chi connectivity index (χ4n) is 4.69. The molecule has 2 N–H and O–H groups in total. The van der Waals surface area contributed by atoms with Crippen LogP contribution in [0.3, 0.4) is 0 Å². The number of alkyl halides is 1. The molecule has 0 aromatic heterocycles. The van der Waals surface area contributed by atoms with Crippen molar-refractivity contribution in [2.75, 3.05) is 12.8 Å². The summed E-state index contributed by atoms with van der Waals surface area (Å²) >= 11 is 0. The highest BCUT2D eigenvalue weighted by molar-refractivity contribution is 7.89. The molecule has 1 aliphatic carbocycles.